The molecule has 210 valence electrons. The lowest BCUT2D eigenvalue weighted by Crippen LogP contribution is -2.34. The molecule has 5 aromatic rings. The maximum Gasteiger partial charge on any atom is 0.161 e. The first-order chi connectivity index (χ1) is 20.1. The van der Waals surface area contributed by atoms with E-state index in [4.69, 9.17) is 0 Å². The number of benzene rings is 5. The van der Waals surface area contributed by atoms with Crippen molar-refractivity contribution in [3.05, 3.63) is 157 Å². The van der Waals surface area contributed by atoms with Gasteiger partial charge in [-0.05, 0) is 48.5 Å². The van der Waals surface area contributed by atoms with Crippen LogP contribution in [0, 0.1) is 0 Å². The summed E-state index contributed by atoms with van der Waals surface area (Å²) in [5, 5.41) is 0. The van der Waals surface area contributed by atoms with Crippen molar-refractivity contribution in [2.24, 2.45) is 0 Å². The Morgan fingerprint density at radius 2 is 0.878 bits per heavy atom. The molecule has 0 aliphatic carbocycles. The first-order valence-electron chi connectivity index (χ1n) is 15.0. The zero-order chi connectivity index (χ0) is 28.8. The number of hydrogen-bond acceptors (Lipinski definition) is 1. The van der Waals surface area contributed by atoms with Crippen LogP contribution in [0.3, 0.4) is 0 Å². The van der Waals surface area contributed by atoms with Gasteiger partial charge in [0.15, 0.2) is 9.79 Å². The molecule has 0 saturated carbocycles. The van der Waals surface area contributed by atoms with Crippen LogP contribution in [-0.2, 0) is 23.0 Å². The van der Waals surface area contributed by atoms with Gasteiger partial charge < -0.3 is 0 Å². The van der Waals surface area contributed by atoms with Crippen molar-refractivity contribution in [1.29, 1.82) is 0 Å². The maximum atomic E-state index is 2.34. The third kappa shape index (κ3) is 9.45. The largest absolute Gasteiger partial charge is 0.181 e. The first kappa shape index (κ1) is 30.8. The SMILES string of the molecule is CC[B-](CC)(CC)Cc1ccccc1.c1ccc(Sc2ccc(C[S+](c3ccccc3)c3ccccc3)cc2)cc1. The zero-order valence-corrected chi connectivity index (χ0v) is 26.4. The molecule has 41 heavy (non-hydrogen) atoms. The highest BCUT2D eigenvalue weighted by atomic mass is 32.2. The fraction of sp³-hybridized carbons (Fsp3) is 0.211. The van der Waals surface area contributed by atoms with Crippen molar-refractivity contribution < 1.29 is 0 Å². The summed E-state index contributed by atoms with van der Waals surface area (Å²) in [7, 11) is 0.0464. The van der Waals surface area contributed by atoms with E-state index in [2.05, 4.69) is 166 Å². The summed E-state index contributed by atoms with van der Waals surface area (Å²) in [4.78, 5) is 5.35. The van der Waals surface area contributed by atoms with Crippen molar-refractivity contribution in [2.75, 3.05) is 0 Å². The fourth-order valence-electron chi connectivity index (χ4n) is 5.33. The molecule has 0 saturated heterocycles. The average Bonchev–Trinajstić information content (AvgIpc) is 3.05. The summed E-state index contributed by atoms with van der Waals surface area (Å²) in [6.45, 7) is 7.03. The molecule has 0 N–H and O–H groups in total. The Morgan fingerprint density at radius 1 is 0.463 bits per heavy atom. The molecule has 0 aliphatic rings. The van der Waals surface area contributed by atoms with E-state index in [1.165, 1.54) is 56.0 Å². The maximum absolute atomic E-state index is 2.34. The minimum atomic E-state index is -0.140. The summed E-state index contributed by atoms with van der Waals surface area (Å²) in [5.41, 5.74) is 2.89. The van der Waals surface area contributed by atoms with Gasteiger partial charge >= 0.3 is 0 Å². The molecule has 0 unspecified atom stereocenters. The summed E-state index contributed by atoms with van der Waals surface area (Å²) in [6, 6.07) is 52.2. The monoisotopic (exact) mass is 574 g/mol. The second-order valence-electron chi connectivity index (χ2n) is 10.9. The van der Waals surface area contributed by atoms with E-state index in [-0.39, 0.29) is 17.0 Å². The van der Waals surface area contributed by atoms with Crippen LogP contribution >= 0.6 is 11.8 Å². The minimum absolute atomic E-state index is 0.0464. The second-order valence-corrected chi connectivity index (χ2v) is 14.0. The topological polar surface area (TPSA) is 0 Å². The van der Waals surface area contributed by atoms with Gasteiger partial charge in [0, 0.05) is 21.5 Å². The molecule has 0 radical (unpaired) electrons. The van der Waals surface area contributed by atoms with Gasteiger partial charge in [0.2, 0.25) is 0 Å². The van der Waals surface area contributed by atoms with E-state index in [1.54, 1.807) is 0 Å². The van der Waals surface area contributed by atoms with E-state index in [1.807, 2.05) is 11.8 Å². The van der Waals surface area contributed by atoms with Crippen LogP contribution in [0.25, 0.3) is 0 Å². The van der Waals surface area contributed by atoms with Crippen LogP contribution < -0.4 is 0 Å². The van der Waals surface area contributed by atoms with Crippen molar-refractivity contribution in [1.82, 2.24) is 0 Å². The molecule has 0 heterocycles. The zero-order valence-electron chi connectivity index (χ0n) is 24.8. The lowest BCUT2D eigenvalue weighted by atomic mass is 9.18. The van der Waals surface area contributed by atoms with E-state index in [0.29, 0.717) is 0 Å². The molecule has 3 heteroatoms. The Balaban J connectivity index is 0.000000234. The van der Waals surface area contributed by atoms with Gasteiger partial charge in [-0.1, -0.05) is 135 Å². The van der Waals surface area contributed by atoms with Crippen molar-refractivity contribution in [3.8, 4) is 0 Å². The molecular weight excluding hydrogens is 531 g/mol. The Bertz CT molecular complexity index is 1340. The minimum Gasteiger partial charge on any atom is -0.181 e. The summed E-state index contributed by atoms with van der Waals surface area (Å²) >= 11 is 1.81. The van der Waals surface area contributed by atoms with Crippen LogP contribution in [-0.4, -0.2) is 6.15 Å². The normalized spacial score (nSPS) is 11.1. The molecule has 0 aromatic heterocycles. The molecule has 5 aromatic carbocycles. The molecule has 0 nitrogen and oxygen atoms in total. The van der Waals surface area contributed by atoms with Crippen LogP contribution in [0.2, 0.25) is 19.0 Å². The van der Waals surface area contributed by atoms with E-state index < -0.39 is 0 Å². The van der Waals surface area contributed by atoms with Crippen molar-refractivity contribution in [3.63, 3.8) is 0 Å². The summed E-state index contributed by atoms with van der Waals surface area (Å²) in [5.74, 6) is 1.03. The molecule has 5 rings (SSSR count). The van der Waals surface area contributed by atoms with Crippen LogP contribution in [0.1, 0.15) is 31.9 Å². The van der Waals surface area contributed by atoms with E-state index >= 15 is 0 Å². The Labute approximate surface area is 255 Å². The predicted molar refractivity (Wildman–Crippen MR) is 185 cm³/mol. The third-order valence-corrected chi connectivity index (χ3v) is 11.7. The van der Waals surface area contributed by atoms with E-state index in [9.17, 15) is 0 Å². The highest BCUT2D eigenvalue weighted by molar-refractivity contribution is 7.99. The van der Waals surface area contributed by atoms with E-state index in [0.717, 1.165) is 5.75 Å². The summed E-state index contributed by atoms with van der Waals surface area (Å²) < 4.78 is 0. The van der Waals surface area contributed by atoms with Gasteiger partial charge in [-0.3, -0.25) is 0 Å². The predicted octanol–water partition coefficient (Wildman–Crippen LogP) is 11.4. The highest BCUT2D eigenvalue weighted by Gasteiger charge is 2.25. The summed E-state index contributed by atoms with van der Waals surface area (Å²) in [6.07, 6.45) is 5.20. The average molecular weight is 575 g/mol. The third-order valence-electron chi connectivity index (χ3n) is 8.38. The first-order valence-corrected chi connectivity index (χ1v) is 17.2. The van der Waals surface area contributed by atoms with Gasteiger partial charge in [0.1, 0.15) is 5.75 Å². The molecule has 0 spiro atoms. The van der Waals surface area contributed by atoms with Gasteiger partial charge in [0.05, 0.1) is 10.9 Å². The fourth-order valence-corrected chi connectivity index (χ4v) is 8.27. The molecular formula is C38H43BS2. The lowest BCUT2D eigenvalue weighted by Gasteiger charge is -2.36. The standard InChI is InChI=1S/C25H21S2.C13H22B/c1-4-10-22(11-5-1)26-23-18-16-21(17-19-23)20-27(24-12-6-2-7-13-24)25-14-8-3-9-15-25;1-4-14(5-2,6-3)12-13-10-8-7-9-11-13/h1-19H,20H2;7-11H,4-6,12H2,1-3H3/q+1;-1. The second kappa shape index (κ2) is 16.3. The van der Waals surface area contributed by atoms with Gasteiger partial charge in [0.25, 0.3) is 0 Å². The molecule has 0 amide bonds. The van der Waals surface area contributed by atoms with Crippen LogP contribution in [0.4, 0.5) is 0 Å². The van der Waals surface area contributed by atoms with Gasteiger partial charge in [-0.2, -0.15) is 25.3 Å². The van der Waals surface area contributed by atoms with Crippen LogP contribution in [0.5, 0.6) is 0 Å². The molecule has 0 atom stereocenters. The molecule has 0 fully saturated rings. The quantitative estimate of drug-likeness (QED) is 0.112. The van der Waals surface area contributed by atoms with Crippen molar-refractivity contribution >= 4 is 28.8 Å². The van der Waals surface area contributed by atoms with Crippen molar-refractivity contribution in [2.45, 2.75) is 71.4 Å². The van der Waals surface area contributed by atoms with Gasteiger partial charge in [-0.15, -0.1) is 0 Å². The Morgan fingerprint density at radius 3 is 1.34 bits per heavy atom. The Hall–Kier alpha value is -3.14. The highest BCUT2D eigenvalue weighted by Crippen LogP contribution is 2.30. The number of hydrogen-bond donors (Lipinski definition) is 0. The Kier molecular flexibility index (Phi) is 12.3. The van der Waals surface area contributed by atoms with Crippen LogP contribution in [0.15, 0.2) is 165 Å². The molecule has 0 bridgehead atoms. The molecule has 0 aliphatic heterocycles. The van der Waals surface area contributed by atoms with Gasteiger partial charge in [-0.25, -0.2) is 0 Å². The smallest absolute Gasteiger partial charge is 0.161 e. The number of rotatable bonds is 11. The lowest BCUT2D eigenvalue weighted by molar-refractivity contribution is 1.10.